The third kappa shape index (κ3) is 6.26. The summed E-state index contributed by atoms with van der Waals surface area (Å²) in [5.74, 6) is 1.55. The van der Waals surface area contributed by atoms with E-state index >= 15 is 0 Å². The molecular formula is C25H25NO2S. The maximum Gasteiger partial charge on any atom is 0.126 e. The second-order valence-electron chi connectivity index (χ2n) is 6.77. The molecule has 4 heteroatoms. The van der Waals surface area contributed by atoms with Crippen molar-refractivity contribution in [1.29, 1.82) is 0 Å². The van der Waals surface area contributed by atoms with Gasteiger partial charge in [-0.1, -0.05) is 47.2 Å². The molecule has 0 aliphatic rings. The quantitative estimate of drug-likeness (QED) is 0.190. The number of aryl methyl sites for hydroxylation is 2. The van der Waals surface area contributed by atoms with E-state index in [1.165, 1.54) is 11.1 Å². The molecule has 0 fully saturated rings. The molecule has 0 heterocycles. The van der Waals surface area contributed by atoms with Crippen LogP contribution in [0, 0.1) is 13.8 Å². The van der Waals surface area contributed by atoms with Crippen molar-refractivity contribution in [3.05, 3.63) is 95.8 Å². The van der Waals surface area contributed by atoms with Gasteiger partial charge in [-0.2, -0.15) is 0 Å². The highest BCUT2D eigenvalue weighted by atomic mass is 32.2. The Morgan fingerprint density at radius 2 is 1.55 bits per heavy atom. The molecule has 0 saturated heterocycles. The van der Waals surface area contributed by atoms with Gasteiger partial charge in [-0.25, -0.2) is 4.99 Å². The Morgan fingerprint density at radius 3 is 2.21 bits per heavy atom. The molecule has 0 aliphatic heterocycles. The maximum absolute atomic E-state index is 5.85. The van der Waals surface area contributed by atoms with Gasteiger partial charge in [-0.05, 0) is 69.3 Å². The van der Waals surface area contributed by atoms with Gasteiger partial charge in [0.1, 0.15) is 16.5 Å². The van der Waals surface area contributed by atoms with E-state index in [-0.39, 0.29) is 0 Å². The largest absolute Gasteiger partial charge is 0.497 e. The summed E-state index contributed by atoms with van der Waals surface area (Å²) in [7, 11) is 1.65. The summed E-state index contributed by atoms with van der Waals surface area (Å²) < 4.78 is 11.0. The van der Waals surface area contributed by atoms with Crippen LogP contribution in [0.3, 0.4) is 0 Å². The number of aliphatic imine (C=N–C) groups is 1. The van der Waals surface area contributed by atoms with E-state index in [2.05, 4.69) is 50.2 Å². The SMILES string of the molecule is COc1ccc(O/C=C(C)/C(=N/c2ccc(C)cc2)Sc2cccc(C)c2)cc1. The summed E-state index contributed by atoms with van der Waals surface area (Å²) in [5.41, 5.74) is 4.31. The minimum atomic E-state index is 0.750. The van der Waals surface area contributed by atoms with Crippen LogP contribution in [0.25, 0.3) is 0 Å². The van der Waals surface area contributed by atoms with Crippen LogP contribution >= 0.6 is 11.8 Å². The van der Waals surface area contributed by atoms with Crippen molar-refractivity contribution in [3.63, 3.8) is 0 Å². The summed E-state index contributed by atoms with van der Waals surface area (Å²) in [6, 6.07) is 24.1. The van der Waals surface area contributed by atoms with E-state index in [1.807, 2.05) is 43.3 Å². The first kappa shape index (κ1) is 20.7. The zero-order valence-electron chi connectivity index (χ0n) is 17.2. The number of hydrogen-bond acceptors (Lipinski definition) is 4. The predicted octanol–water partition coefficient (Wildman–Crippen LogP) is 7.12. The lowest BCUT2D eigenvalue weighted by atomic mass is 10.2. The summed E-state index contributed by atoms with van der Waals surface area (Å²) in [5, 5.41) is 0.896. The van der Waals surface area contributed by atoms with E-state index in [4.69, 9.17) is 14.5 Å². The minimum Gasteiger partial charge on any atom is -0.497 e. The number of benzene rings is 3. The van der Waals surface area contributed by atoms with Crippen molar-refractivity contribution in [2.24, 2.45) is 4.99 Å². The Kier molecular flexibility index (Phi) is 7.14. The van der Waals surface area contributed by atoms with Crippen LogP contribution < -0.4 is 9.47 Å². The predicted molar refractivity (Wildman–Crippen MR) is 123 cm³/mol. The lowest BCUT2D eigenvalue weighted by Gasteiger charge is -2.09. The zero-order valence-corrected chi connectivity index (χ0v) is 18.0. The topological polar surface area (TPSA) is 30.8 Å². The van der Waals surface area contributed by atoms with Crippen LogP contribution in [0.15, 0.2) is 94.5 Å². The number of nitrogens with zero attached hydrogens (tertiary/aromatic N) is 1. The van der Waals surface area contributed by atoms with E-state index in [0.29, 0.717) is 0 Å². The molecule has 0 bridgehead atoms. The van der Waals surface area contributed by atoms with Gasteiger partial charge in [0.05, 0.1) is 19.1 Å². The van der Waals surface area contributed by atoms with Crippen LogP contribution in [-0.2, 0) is 0 Å². The van der Waals surface area contributed by atoms with Gasteiger partial charge in [0.2, 0.25) is 0 Å². The smallest absolute Gasteiger partial charge is 0.126 e. The molecule has 0 N–H and O–H groups in total. The van der Waals surface area contributed by atoms with Crippen LogP contribution in [0.4, 0.5) is 5.69 Å². The Hall–Kier alpha value is -2.98. The molecule has 0 atom stereocenters. The van der Waals surface area contributed by atoms with Gasteiger partial charge >= 0.3 is 0 Å². The highest BCUT2D eigenvalue weighted by Gasteiger charge is 2.08. The van der Waals surface area contributed by atoms with Crippen LogP contribution in [0.5, 0.6) is 11.5 Å². The van der Waals surface area contributed by atoms with Crippen molar-refractivity contribution in [2.75, 3.05) is 7.11 Å². The first-order chi connectivity index (χ1) is 14.0. The highest BCUT2D eigenvalue weighted by molar-refractivity contribution is 8.14. The van der Waals surface area contributed by atoms with Gasteiger partial charge in [0.15, 0.2) is 0 Å². The van der Waals surface area contributed by atoms with E-state index < -0.39 is 0 Å². The lowest BCUT2D eigenvalue weighted by Crippen LogP contribution is -1.97. The van der Waals surface area contributed by atoms with Crippen molar-refractivity contribution in [1.82, 2.24) is 0 Å². The molecule has 0 saturated carbocycles. The molecular weight excluding hydrogens is 378 g/mol. The minimum absolute atomic E-state index is 0.750. The molecule has 3 aromatic rings. The number of ether oxygens (including phenoxy) is 2. The first-order valence-electron chi connectivity index (χ1n) is 9.41. The number of thioether (sulfide) groups is 1. The van der Waals surface area contributed by atoms with Crippen molar-refractivity contribution in [3.8, 4) is 11.5 Å². The van der Waals surface area contributed by atoms with Gasteiger partial charge in [0, 0.05) is 10.5 Å². The van der Waals surface area contributed by atoms with Crippen molar-refractivity contribution in [2.45, 2.75) is 25.7 Å². The summed E-state index contributed by atoms with van der Waals surface area (Å²) >= 11 is 1.63. The highest BCUT2D eigenvalue weighted by Crippen LogP contribution is 2.28. The van der Waals surface area contributed by atoms with Crippen LogP contribution in [0.2, 0.25) is 0 Å². The average Bonchev–Trinajstić information content (AvgIpc) is 2.73. The summed E-state index contributed by atoms with van der Waals surface area (Å²) in [6.45, 7) is 6.18. The number of rotatable bonds is 6. The molecule has 0 aromatic heterocycles. The third-order valence-corrected chi connectivity index (χ3v) is 5.33. The summed E-state index contributed by atoms with van der Waals surface area (Å²) in [6.07, 6.45) is 1.75. The van der Waals surface area contributed by atoms with Crippen LogP contribution in [-0.4, -0.2) is 12.2 Å². The second-order valence-corrected chi connectivity index (χ2v) is 7.83. The molecule has 0 radical (unpaired) electrons. The zero-order chi connectivity index (χ0) is 20.6. The average molecular weight is 404 g/mol. The monoisotopic (exact) mass is 403 g/mol. The molecule has 148 valence electrons. The fourth-order valence-electron chi connectivity index (χ4n) is 2.58. The Balaban J connectivity index is 1.86. The lowest BCUT2D eigenvalue weighted by molar-refractivity contribution is 0.412. The Bertz CT molecular complexity index is 1010. The van der Waals surface area contributed by atoms with Crippen LogP contribution in [0.1, 0.15) is 18.1 Å². The fourth-order valence-corrected chi connectivity index (χ4v) is 3.55. The molecule has 29 heavy (non-hydrogen) atoms. The van der Waals surface area contributed by atoms with Gasteiger partial charge in [-0.15, -0.1) is 0 Å². The fraction of sp³-hybridized carbons (Fsp3) is 0.160. The van der Waals surface area contributed by atoms with Crippen molar-refractivity contribution >= 4 is 22.5 Å². The molecule has 3 aromatic carbocycles. The third-order valence-electron chi connectivity index (χ3n) is 4.24. The standard InChI is InChI=1S/C25H25NO2S/c1-18-8-10-21(11-9-18)26-25(29-24-7-5-6-19(2)16-24)20(3)17-28-23-14-12-22(27-4)13-15-23/h5-17H,1-4H3/b20-17+,26-25-. The summed E-state index contributed by atoms with van der Waals surface area (Å²) in [4.78, 5) is 6.02. The van der Waals surface area contributed by atoms with E-state index in [9.17, 15) is 0 Å². The van der Waals surface area contributed by atoms with E-state index in [1.54, 1.807) is 25.1 Å². The molecule has 0 unspecified atom stereocenters. The van der Waals surface area contributed by atoms with Crippen molar-refractivity contribution < 1.29 is 9.47 Å². The first-order valence-corrected chi connectivity index (χ1v) is 10.2. The number of methoxy groups -OCH3 is 1. The van der Waals surface area contributed by atoms with Gasteiger partial charge in [-0.3, -0.25) is 0 Å². The maximum atomic E-state index is 5.85. The number of hydrogen-bond donors (Lipinski definition) is 0. The Morgan fingerprint density at radius 1 is 0.862 bits per heavy atom. The molecule has 3 nitrogen and oxygen atoms in total. The second kappa shape index (κ2) is 9.99. The molecule has 3 rings (SSSR count). The molecule has 0 spiro atoms. The van der Waals surface area contributed by atoms with Gasteiger partial charge in [0.25, 0.3) is 0 Å². The van der Waals surface area contributed by atoms with Gasteiger partial charge < -0.3 is 9.47 Å². The van der Waals surface area contributed by atoms with E-state index in [0.717, 1.165) is 32.7 Å². The Labute approximate surface area is 177 Å². The molecule has 0 aliphatic carbocycles. The molecule has 0 amide bonds. The normalized spacial score (nSPS) is 12.0.